The molecule has 0 aromatic heterocycles. The van der Waals surface area contributed by atoms with Crippen molar-refractivity contribution in [1.82, 2.24) is 0 Å². The summed E-state index contributed by atoms with van der Waals surface area (Å²) in [7, 11) is 1.59. The van der Waals surface area contributed by atoms with E-state index < -0.39 is 5.82 Å². The molecule has 0 bridgehead atoms. The van der Waals surface area contributed by atoms with Gasteiger partial charge in [0.2, 0.25) is 0 Å². The third-order valence-corrected chi connectivity index (χ3v) is 2.84. The van der Waals surface area contributed by atoms with Gasteiger partial charge in [0, 0.05) is 12.2 Å². The van der Waals surface area contributed by atoms with Gasteiger partial charge < -0.3 is 14.8 Å². The van der Waals surface area contributed by atoms with Crippen LogP contribution in [0.3, 0.4) is 0 Å². The van der Waals surface area contributed by atoms with Gasteiger partial charge >= 0.3 is 0 Å². The van der Waals surface area contributed by atoms with E-state index in [0.717, 1.165) is 0 Å². The number of nitriles is 1. The van der Waals surface area contributed by atoms with E-state index in [1.165, 1.54) is 12.1 Å². The smallest absolute Gasteiger partial charge is 0.161 e. The van der Waals surface area contributed by atoms with Crippen molar-refractivity contribution in [2.24, 2.45) is 0 Å². The van der Waals surface area contributed by atoms with E-state index in [1.54, 1.807) is 19.2 Å². The Kier molecular flexibility index (Phi) is 4.99. The first-order valence-electron chi connectivity index (χ1n) is 6.44. The molecule has 2 aromatic rings. The number of hydrogen-bond acceptors (Lipinski definition) is 4. The summed E-state index contributed by atoms with van der Waals surface area (Å²) in [5.74, 6) is 0.818. The van der Waals surface area contributed by atoms with Crippen LogP contribution in [0.25, 0.3) is 0 Å². The average molecular weight is 286 g/mol. The Bertz CT molecular complexity index is 653. The van der Waals surface area contributed by atoms with Crippen molar-refractivity contribution in [3.8, 4) is 17.6 Å². The summed E-state index contributed by atoms with van der Waals surface area (Å²) in [5.41, 5.74) is 0.697. The molecule has 0 spiro atoms. The number of nitrogens with zero attached hydrogens (tertiary/aromatic N) is 1. The van der Waals surface area contributed by atoms with Crippen molar-refractivity contribution < 1.29 is 13.9 Å². The van der Waals surface area contributed by atoms with Crippen LogP contribution in [0.1, 0.15) is 5.56 Å². The molecule has 4 nitrogen and oxygen atoms in total. The molecule has 0 radical (unpaired) electrons. The largest absolute Gasteiger partial charge is 0.493 e. The first kappa shape index (κ1) is 14.7. The van der Waals surface area contributed by atoms with Crippen LogP contribution in [-0.2, 0) is 0 Å². The van der Waals surface area contributed by atoms with E-state index >= 15 is 0 Å². The molecule has 0 saturated carbocycles. The standard InChI is InChI=1S/C16H15FN2O2/c1-20-15-4-2-3-5-16(15)21-9-8-19-13-6-7-14(17)12(10-13)11-18/h2-7,10,19H,8-9H2,1H3. The second kappa shape index (κ2) is 7.15. The van der Waals surface area contributed by atoms with Gasteiger partial charge in [-0.15, -0.1) is 0 Å². The number of hydrogen-bond donors (Lipinski definition) is 1. The molecule has 0 unspecified atom stereocenters. The summed E-state index contributed by atoms with van der Waals surface area (Å²) in [6.45, 7) is 0.939. The summed E-state index contributed by atoms with van der Waals surface area (Å²) >= 11 is 0. The zero-order valence-corrected chi connectivity index (χ0v) is 11.6. The number of nitrogens with one attached hydrogen (secondary N) is 1. The molecule has 0 amide bonds. The Morgan fingerprint density at radius 1 is 1.19 bits per heavy atom. The van der Waals surface area contributed by atoms with Gasteiger partial charge in [-0.05, 0) is 30.3 Å². The third kappa shape index (κ3) is 3.86. The predicted molar refractivity (Wildman–Crippen MR) is 78.1 cm³/mol. The molecule has 0 aliphatic rings. The lowest BCUT2D eigenvalue weighted by Crippen LogP contribution is -2.12. The van der Waals surface area contributed by atoms with Crippen LogP contribution >= 0.6 is 0 Å². The maximum atomic E-state index is 13.2. The van der Waals surface area contributed by atoms with Crippen LogP contribution in [0.5, 0.6) is 11.5 Å². The quantitative estimate of drug-likeness (QED) is 0.829. The fourth-order valence-corrected chi connectivity index (χ4v) is 1.82. The monoisotopic (exact) mass is 286 g/mol. The van der Waals surface area contributed by atoms with E-state index in [2.05, 4.69) is 5.32 Å². The lowest BCUT2D eigenvalue weighted by molar-refractivity contribution is 0.306. The van der Waals surface area contributed by atoms with Gasteiger partial charge in [-0.1, -0.05) is 12.1 Å². The second-order valence-electron chi connectivity index (χ2n) is 4.23. The maximum Gasteiger partial charge on any atom is 0.161 e. The SMILES string of the molecule is COc1ccccc1OCCNc1ccc(F)c(C#N)c1. The summed E-state index contributed by atoms with van der Waals surface area (Å²) < 4.78 is 24.0. The number of halogens is 1. The molecule has 0 aliphatic heterocycles. The van der Waals surface area contributed by atoms with Gasteiger partial charge in [0.15, 0.2) is 11.5 Å². The minimum atomic E-state index is -0.520. The number of anilines is 1. The Labute approximate surface area is 122 Å². The van der Waals surface area contributed by atoms with Crippen LogP contribution in [0.4, 0.5) is 10.1 Å². The van der Waals surface area contributed by atoms with Crippen LogP contribution in [0, 0.1) is 17.1 Å². The number of benzene rings is 2. The average Bonchev–Trinajstić information content (AvgIpc) is 2.53. The molecule has 0 heterocycles. The Hall–Kier alpha value is -2.74. The van der Waals surface area contributed by atoms with Gasteiger partial charge in [0.05, 0.1) is 12.7 Å². The molecular formula is C16H15FN2O2. The summed E-state index contributed by atoms with van der Waals surface area (Å²) in [5, 5.41) is 11.8. The molecule has 0 fully saturated rings. The minimum Gasteiger partial charge on any atom is -0.493 e. The van der Waals surface area contributed by atoms with Crippen molar-refractivity contribution >= 4 is 5.69 Å². The van der Waals surface area contributed by atoms with E-state index in [-0.39, 0.29) is 5.56 Å². The minimum absolute atomic E-state index is 0.0191. The van der Waals surface area contributed by atoms with Crippen molar-refractivity contribution in [1.29, 1.82) is 5.26 Å². The van der Waals surface area contributed by atoms with Crippen molar-refractivity contribution in [3.63, 3.8) is 0 Å². The van der Waals surface area contributed by atoms with Gasteiger partial charge in [-0.3, -0.25) is 0 Å². The van der Waals surface area contributed by atoms with E-state index in [0.29, 0.717) is 30.3 Å². The summed E-state index contributed by atoms with van der Waals surface area (Å²) in [4.78, 5) is 0. The molecule has 1 N–H and O–H groups in total. The van der Waals surface area contributed by atoms with Gasteiger partial charge in [-0.2, -0.15) is 5.26 Å². The molecule has 108 valence electrons. The number of ether oxygens (including phenoxy) is 2. The summed E-state index contributed by atoms with van der Waals surface area (Å²) in [6.07, 6.45) is 0. The fourth-order valence-electron chi connectivity index (χ4n) is 1.82. The van der Waals surface area contributed by atoms with Crippen molar-refractivity contribution in [2.45, 2.75) is 0 Å². The first-order valence-corrected chi connectivity index (χ1v) is 6.44. The summed E-state index contributed by atoms with van der Waals surface area (Å²) in [6, 6.07) is 13.5. The highest BCUT2D eigenvalue weighted by atomic mass is 19.1. The van der Waals surface area contributed by atoms with Crippen LogP contribution in [0.2, 0.25) is 0 Å². The highest BCUT2D eigenvalue weighted by Crippen LogP contribution is 2.25. The molecule has 21 heavy (non-hydrogen) atoms. The molecule has 2 aromatic carbocycles. The Morgan fingerprint density at radius 2 is 1.95 bits per heavy atom. The van der Waals surface area contributed by atoms with Crippen LogP contribution in [0.15, 0.2) is 42.5 Å². The fraction of sp³-hybridized carbons (Fsp3) is 0.188. The topological polar surface area (TPSA) is 54.3 Å². The normalized spacial score (nSPS) is 9.76. The third-order valence-electron chi connectivity index (χ3n) is 2.84. The zero-order chi connectivity index (χ0) is 15.1. The van der Waals surface area contributed by atoms with Crippen molar-refractivity contribution in [2.75, 3.05) is 25.6 Å². The maximum absolute atomic E-state index is 13.2. The number of para-hydroxylation sites is 2. The lowest BCUT2D eigenvalue weighted by Gasteiger charge is -2.11. The van der Waals surface area contributed by atoms with E-state index in [1.807, 2.05) is 24.3 Å². The molecule has 0 atom stereocenters. The lowest BCUT2D eigenvalue weighted by atomic mass is 10.2. The molecule has 2 rings (SSSR count). The molecule has 0 saturated heterocycles. The predicted octanol–water partition coefficient (Wildman–Crippen LogP) is 3.20. The molecular weight excluding hydrogens is 271 g/mol. The van der Waals surface area contributed by atoms with E-state index in [9.17, 15) is 4.39 Å². The molecule has 0 aliphatic carbocycles. The molecule has 5 heteroatoms. The first-order chi connectivity index (χ1) is 10.2. The number of rotatable bonds is 6. The highest BCUT2D eigenvalue weighted by molar-refractivity contribution is 5.49. The van der Waals surface area contributed by atoms with Gasteiger partial charge in [0.1, 0.15) is 18.5 Å². The Morgan fingerprint density at radius 3 is 2.67 bits per heavy atom. The van der Waals surface area contributed by atoms with Gasteiger partial charge in [-0.25, -0.2) is 4.39 Å². The Balaban J connectivity index is 1.86. The highest BCUT2D eigenvalue weighted by Gasteiger charge is 2.04. The van der Waals surface area contributed by atoms with Crippen LogP contribution < -0.4 is 14.8 Å². The second-order valence-corrected chi connectivity index (χ2v) is 4.23. The zero-order valence-electron chi connectivity index (χ0n) is 11.6. The van der Waals surface area contributed by atoms with Crippen LogP contribution in [-0.4, -0.2) is 20.3 Å². The van der Waals surface area contributed by atoms with E-state index in [4.69, 9.17) is 14.7 Å². The number of methoxy groups -OCH3 is 1. The van der Waals surface area contributed by atoms with Gasteiger partial charge in [0.25, 0.3) is 0 Å². The van der Waals surface area contributed by atoms with Crippen molar-refractivity contribution in [3.05, 3.63) is 53.8 Å².